The van der Waals surface area contributed by atoms with Gasteiger partial charge in [-0.1, -0.05) is 12.5 Å². The normalized spacial score (nSPS) is 26.8. The van der Waals surface area contributed by atoms with E-state index in [4.69, 9.17) is 0 Å². The Balaban J connectivity index is 1.51. The molecule has 2 aromatic rings. The number of amides is 1. The van der Waals surface area contributed by atoms with Gasteiger partial charge in [0.05, 0.1) is 11.7 Å². The van der Waals surface area contributed by atoms with Crippen LogP contribution in [-0.2, 0) is 0 Å². The molecule has 2 aromatic heterocycles. The standard InChI is InChI=1S/C16H19N5O/c22-15(21-16-5-1-2-13(16)9-17-10-16)14-4-3-11(6-18-14)12-7-19-20-8-12/h3-4,6-8,13,17H,1-2,5,9-10H2,(H,19,20)(H,21,22)/t13-,16-/m0/s1. The average Bonchev–Trinajstić information content (AvgIpc) is 3.23. The Morgan fingerprint density at radius 3 is 3.05 bits per heavy atom. The van der Waals surface area contributed by atoms with Gasteiger partial charge in [-0.25, -0.2) is 0 Å². The van der Waals surface area contributed by atoms with E-state index in [0.717, 1.165) is 30.6 Å². The Hall–Kier alpha value is -2.21. The van der Waals surface area contributed by atoms with Crippen LogP contribution in [0, 0.1) is 5.92 Å². The quantitative estimate of drug-likeness (QED) is 0.798. The monoisotopic (exact) mass is 297 g/mol. The Morgan fingerprint density at radius 1 is 1.32 bits per heavy atom. The first-order valence-corrected chi connectivity index (χ1v) is 7.75. The molecule has 1 aliphatic heterocycles. The van der Waals surface area contributed by atoms with Gasteiger partial charge in [0.25, 0.3) is 5.91 Å². The summed E-state index contributed by atoms with van der Waals surface area (Å²) in [5.74, 6) is 0.482. The van der Waals surface area contributed by atoms with E-state index >= 15 is 0 Å². The number of pyridine rings is 1. The molecule has 1 aliphatic carbocycles. The molecule has 0 spiro atoms. The Labute approximate surface area is 128 Å². The molecule has 114 valence electrons. The predicted molar refractivity (Wildman–Crippen MR) is 82.2 cm³/mol. The Bertz CT molecular complexity index is 654. The summed E-state index contributed by atoms with van der Waals surface area (Å²) >= 11 is 0. The van der Waals surface area contributed by atoms with Crippen LogP contribution in [0.2, 0.25) is 0 Å². The first-order chi connectivity index (χ1) is 10.8. The van der Waals surface area contributed by atoms with E-state index in [-0.39, 0.29) is 11.4 Å². The van der Waals surface area contributed by atoms with Gasteiger partial charge in [0.15, 0.2) is 0 Å². The van der Waals surface area contributed by atoms with Crippen LogP contribution >= 0.6 is 0 Å². The van der Waals surface area contributed by atoms with E-state index in [9.17, 15) is 4.79 Å². The third-order valence-corrected chi connectivity index (χ3v) is 4.98. The number of nitrogens with one attached hydrogen (secondary N) is 3. The summed E-state index contributed by atoms with van der Waals surface area (Å²) in [5, 5.41) is 13.3. The second-order valence-corrected chi connectivity index (χ2v) is 6.25. The van der Waals surface area contributed by atoms with Crippen molar-refractivity contribution in [1.82, 2.24) is 25.8 Å². The smallest absolute Gasteiger partial charge is 0.270 e. The maximum Gasteiger partial charge on any atom is 0.270 e. The van der Waals surface area contributed by atoms with E-state index in [1.807, 2.05) is 12.3 Å². The number of carbonyl (C=O) groups excluding carboxylic acids is 1. The molecule has 2 atom stereocenters. The van der Waals surface area contributed by atoms with Crippen molar-refractivity contribution in [3.8, 4) is 11.1 Å². The molecule has 1 saturated carbocycles. The Kier molecular flexibility index (Phi) is 3.18. The molecule has 1 amide bonds. The lowest BCUT2D eigenvalue weighted by Gasteiger charge is -2.29. The Morgan fingerprint density at radius 2 is 2.27 bits per heavy atom. The summed E-state index contributed by atoms with van der Waals surface area (Å²) in [6.45, 7) is 1.88. The number of hydrogen-bond acceptors (Lipinski definition) is 4. The lowest BCUT2D eigenvalue weighted by molar-refractivity contribution is 0.0888. The molecule has 0 unspecified atom stereocenters. The summed E-state index contributed by atoms with van der Waals surface area (Å²) < 4.78 is 0. The van der Waals surface area contributed by atoms with E-state index < -0.39 is 0 Å². The zero-order valence-electron chi connectivity index (χ0n) is 12.3. The third-order valence-electron chi connectivity index (χ3n) is 4.98. The van der Waals surface area contributed by atoms with Gasteiger partial charge in [-0.15, -0.1) is 0 Å². The fraction of sp³-hybridized carbons (Fsp3) is 0.438. The summed E-state index contributed by atoms with van der Waals surface area (Å²) in [6, 6.07) is 3.68. The van der Waals surface area contributed by atoms with Crippen LogP contribution in [-0.4, -0.2) is 39.7 Å². The number of H-pyrrole nitrogens is 1. The highest BCUT2D eigenvalue weighted by Gasteiger charge is 2.47. The van der Waals surface area contributed by atoms with Crippen molar-refractivity contribution in [2.24, 2.45) is 5.92 Å². The molecule has 4 rings (SSSR count). The van der Waals surface area contributed by atoms with E-state index in [2.05, 4.69) is 25.8 Å². The molecule has 3 heterocycles. The number of nitrogens with zero attached hydrogens (tertiary/aromatic N) is 2. The van der Waals surface area contributed by atoms with Gasteiger partial charge in [-0.2, -0.15) is 5.10 Å². The molecular weight excluding hydrogens is 278 g/mol. The molecule has 22 heavy (non-hydrogen) atoms. The van der Waals surface area contributed by atoms with Crippen molar-refractivity contribution in [2.75, 3.05) is 13.1 Å². The molecule has 6 heteroatoms. The van der Waals surface area contributed by atoms with Crippen molar-refractivity contribution in [3.05, 3.63) is 36.4 Å². The lowest BCUT2D eigenvalue weighted by Crippen LogP contribution is -2.51. The number of carbonyl (C=O) groups is 1. The van der Waals surface area contributed by atoms with Crippen molar-refractivity contribution < 1.29 is 4.79 Å². The lowest BCUT2D eigenvalue weighted by atomic mass is 9.90. The molecule has 0 radical (unpaired) electrons. The van der Waals surface area contributed by atoms with Crippen LogP contribution in [0.15, 0.2) is 30.7 Å². The zero-order chi connectivity index (χ0) is 15.0. The van der Waals surface area contributed by atoms with Crippen molar-refractivity contribution in [1.29, 1.82) is 0 Å². The zero-order valence-corrected chi connectivity index (χ0v) is 12.3. The molecule has 2 fully saturated rings. The topological polar surface area (TPSA) is 82.7 Å². The maximum absolute atomic E-state index is 12.5. The molecular formula is C16H19N5O. The molecule has 2 aliphatic rings. The third kappa shape index (κ3) is 2.20. The van der Waals surface area contributed by atoms with Crippen molar-refractivity contribution in [3.63, 3.8) is 0 Å². The summed E-state index contributed by atoms with van der Waals surface area (Å²) in [5.41, 5.74) is 2.32. The van der Waals surface area contributed by atoms with Crippen LogP contribution in [0.4, 0.5) is 0 Å². The number of fused-ring (bicyclic) bond motifs is 1. The molecule has 0 bridgehead atoms. The minimum Gasteiger partial charge on any atom is -0.344 e. The van der Waals surface area contributed by atoms with Crippen molar-refractivity contribution >= 4 is 5.91 Å². The van der Waals surface area contributed by atoms with Crippen LogP contribution in [0.1, 0.15) is 29.8 Å². The second-order valence-electron chi connectivity index (χ2n) is 6.25. The molecule has 3 N–H and O–H groups in total. The largest absolute Gasteiger partial charge is 0.344 e. The van der Waals surface area contributed by atoms with Gasteiger partial charge in [0, 0.05) is 36.6 Å². The molecule has 1 saturated heterocycles. The van der Waals surface area contributed by atoms with Crippen LogP contribution in [0.5, 0.6) is 0 Å². The fourth-order valence-corrected chi connectivity index (χ4v) is 3.75. The molecule has 6 nitrogen and oxygen atoms in total. The summed E-state index contributed by atoms with van der Waals surface area (Å²) in [7, 11) is 0. The predicted octanol–water partition coefficient (Wildman–Crippen LogP) is 1.34. The number of rotatable bonds is 3. The van der Waals surface area contributed by atoms with E-state index in [0.29, 0.717) is 11.6 Å². The summed E-state index contributed by atoms with van der Waals surface area (Å²) in [4.78, 5) is 16.8. The van der Waals surface area contributed by atoms with E-state index in [1.165, 1.54) is 12.8 Å². The maximum atomic E-state index is 12.5. The highest BCUT2D eigenvalue weighted by atomic mass is 16.2. The van der Waals surface area contributed by atoms with Crippen LogP contribution < -0.4 is 10.6 Å². The highest BCUT2D eigenvalue weighted by Crippen LogP contribution is 2.38. The summed E-state index contributed by atoms with van der Waals surface area (Å²) in [6.07, 6.45) is 8.71. The van der Waals surface area contributed by atoms with Gasteiger partial charge in [0.2, 0.25) is 0 Å². The number of aromatic nitrogens is 3. The van der Waals surface area contributed by atoms with Gasteiger partial charge >= 0.3 is 0 Å². The molecule has 0 aromatic carbocycles. The van der Waals surface area contributed by atoms with Crippen LogP contribution in [0.25, 0.3) is 11.1 Å². The van der Waals surface area contributed by atoms with Crippen LogP contribution in [0.3, 0.4) is 0 Å². The number of hydrogen-bond donors (Lipinski definition) is 3. The van der Waals surface area contributed by atoms with Crippen molar-refractivity contribution in [2.45, 2.75) is 24.8 Å². The highest BCUT2D eigenvalue weighted by molar-refractivity contribution is 5.93. The minimum atomic E-state index is -0.0747. The van der Waals surface area contributed by atoms with Gasteiger partial charge in [0.1, 0.15) is 5.69 Å². The van der Waals surface area contributed by atoms with Gasteiger partial charge in [-0.3, -0.25) is 14.9 Å². The first kappa shape index (κ1) is 13.5. The van der Waals surface area contributed by atoms with Gasteiger partial charge in [-0.05, 0) is 24.8 Å². The average molecular weight is 297 g/mol. The van der Waals surface area contributed by atoms with Gasteiger partial charge < -0.3 is 10.6 Å². The second kappa shape index (κ2) is 5.21. The fourth-order valence-electron chi connectivity index (χ4n) is 3.75. The van der Waals surface area contributed by atoms with E-state index in [1.54, 1.807) is 18.5 Å². The SMILES string of the molecule is O=C(N[C@]12CCC[C@H]1CNC2)c1ccc(-c2cn[nH]c2)cn1. The minimum absolute atomic E-state index is 0.0675. The number of aromatic amines is 1. The first-order valence-electron chi connectivity index (χ1n) is 7.75.